The second-order valence-corrected chi connectivity index (χ2v) is 8.52. The molecule has 0 bridgehead atoms. The fourth-order valence-corrected chi connectivity index (χ4v) is 4.66. The lowest BCUT2D eigenvalue weighted by Crippen LogP contribution is -2.41. The molecule has 1 aromatic heterocycles. The Kier molecular flexibility index (Phi) is 5.91. The van der Waals surface area contributed by atoms with Gasteiger partial charge in [-0.2, -0.15) is 4.98 Å². The van der Waals surface area contributed by atoms with Gasteiger partial charge in [0.15, 0.2) is 0 Å². The molecule has 0 unspecified atom stereocenters. The summed E-state index contributed by atoms with van der Waals surface area (Å²) in [6, 6.07) is 3.08. The molecule has 7 nitrogen and oxygen atoms in total. The summed E-state index contributed by atoms with van der Waals surface area (Å²) in [5, 5.41) is 0. The highest BCUT2D eigenvalue weighted by atomic mass is 19.1. The number of anilines is 2. The molecular weight excluding hydrogens is 416 g/mol. The van der Waals surface area contributed by atoms with Crippen molar-refractivity contribution in [1.29, 1.82) is 0 Å². The van der Waals surface area contributed by atoms with E-state index < -0.39 is 17.5 Å². The van der Waals surface area contributed by atoms with E-state index in [4.69, 9.17) is 14.7 Å². The summed E-state index contributed by atoms with van der Waals surface area (Å²) in [4.78, 5) is 28.9. The number of amides is 1. The molecule has 0 aliphatic carbocycles. The van der Waals surface area contributed by atoms with Gasteiger partial charge in [-0.3, -0.25) is 4.79 Å². The van der Waals surface area contributed by atoms with Gasteiger partial charge < -0.3 is 19.4 Å². The Morgan fingerprint density at radius 1 is 0.938 bits per heavy atom. The van der Waals surface area contributed by atoms with Gasteiger partial charge in [-0.15, -0.1) is 0 Å². The number of piperidine rings is 1. The van der Waals surface area contributed by atoms with Gasteiger partial charge in [-0.1, -0.05) is 0 Å². The van der Waals surface area contributed by atoms with E-state index in [1.165, 1.54) is 12.5 Å². The Morgan fingerprint density at radius 2 is 1.72 bits per heavy atom. The van der Waals surface area contributed by atoms with Crippen molar-refractivity contribution in [2.45, 2.75) is 32.2 Å². The molecule has 0 saturated carbocycles. The molecule has 4 heterocycles. The molecule has 32 heavy (non-hydrogen) atoms. The highest BCUT2D eigenvalue weighted by Crippen LogP contribution is 2.31. The normalized spacial score (nSPS) is 19.1. The Labute approximate surface area is 186 Å². The van der Waals surface area contributed by atoms with E-state index in [2.05, 4.69) is 9.80 Å². The minimum absolute atomic E-state index is 0.111. The van der Waals surface area contributed by atoms with E-state index in [0.717, 1.165) is 74.2 Å². The molecule has 3 aliphatic rings. The van der Waals surface area contributed by atoms with Crippen LogP contribution in [-0.4, -0.2) is 66.7 Å². The van der Waals surface area contributed by atoms with Crippen LogP contribution in [0, 0.1) is 11.6 Å². The average Bonchev–Trinajstić information content (AvgIpc) is 2.84. The molecule has 0 spiro atoms. The number of morpholine rings is 1. The monoisotopic (exact) mass is 443 g/mol. The summed E-state index contributed by atoms with van der Waals surface area (Å²) in [6.07, 6.45) is 3.99. The topological polar surface area (TPSA) is 61.8 Å². The zero-order chi connectivity index (χ0) is 22.1. The molecule has 2 fully saturated rings. The lowest BCUT2D eigenvalue weighted by molar-refractivity contribution is 0.0728. The number of rotatable bonds is 3. The maximum absolute atomic E-state index is 14.2. The number of carbonyl (C=O) groups is 1. The summed E-state index contributed by atoms with van der Waals surface area (Å²) in [5.74, 6) is -0.365. The van der Waals surface area contributed by atoms with Crippen molar-refractivity contribution in [2.24, 2.45) is 0 Å². The third-order valence-corrected chi connectivity index (χ3v) is 6.42. The number of hydrogen-bond acceptors (Lipinski definition) is 6. The van der Waals surface area contributed by atoms with Crippen LogP contribution in [0.4, 0.5) is 20.5 Å². The Hall–Kier alpha value is -2.81. The predicted octanol–water partition coefficient (Wildman–Crippen LogP) is 2.78. The third-order valence-electron chi connectivity index (χ3n) is 6.42. The summed E-state index contributed by atoms with van der Waals surface area (Å²) in [7, 11) is 0. The summed E-state index contributed by atoms with van der Waals surface area (Å²) in [6.45, 7) is 5.43. The molecule has 0 N–H and O–H groups in total. The molecule has 1 aromatic carbocycles. The Balaban J connectivity index is 1.47. The van der Waals surface area contributed by atoms with Crippen LogP contribution in [0.1, 0.15) is 40.9 Å². The fraction of sp³-hybridized carbons (Fsp3) is 0.522. The maximum Gasteiger partial charge on any atom is 0.257 e. The molecule has 1 amide bonds. The van der Waals surface area contributed by atoms with Crippen LogP contribution in [0.25, 0.3) is 0 Å². The van der Waals surface area contributed by atoms with Crippen LogP contribution in [0.5, 0.6) is 0 Å². The van der Waals surface area contributed by atoms with Crippen molar-refractivity contribution in [3.63, 3.8) is 0 Å². The number of carbonyl (C=O) groups excluding carboxylic acids is 1. The molecule has 3 aliphatic heterocycles. The van der Waals surface area contributed by atoms with Gasteiger partial charge in [-0.25, -0.2) is 13.8 Å². The van der Waals surface area contributed by atoms with Crippen LogP contribution in [-0.2, 0) is 17.7 Å². The van der Waals surface area contributed by atoms with E-state index in [-0.39, 0.29) is 5.56 Å². The number of aromatic nitrogens is 2. The van der Waals surface area contributed by atoms with E-state index in [1.54, 1.807) is 4.90 Å². The van der Waals surface area contributed by atoms with Crippen molar-refractivity contribution in [3.8, 4) is 0 Å². The predicted molar refractivity (Wildman–Crippen MR) is 116 cm³/mol. The molecule has 2 saturated heterocycles. The maximum atomic E-state index is 14.2. The number of fused-ring (bicyclic) bond motifs is 1. The number of benzene rings is 1. The lowest BCUT2D eigenvalue weighted by Gasteiger charge is -2.36. The number of halogens is 2. The van der Waals surface area contributed by atoms with E-state index in [9.17, 15) is 13.6 Å². The van der Waals surface area contributed by atoms with Crippen molar-refractivity contribution in [3.05, 3.63) is 46.7 Å². The highest BCUT2D eigenvalue weighted by molar-refractivity contribution is 5.94. The minimum Gasteiger partial charge on any atom is -0.378 e. The summed E-state index contributed by atoms with van der Waals surface area (Å²) >= 11 is 0. The first-order chi connectivity index (χ1) is 15.6. The Morgan fingerprint density at radius 3 is 2.47 bits per heavy atom. The number of hydrogen-bond donors (Lipinski definition) is 0. The molecule has 170 valence electrons. The standard InChI is InChI=1S/C23H27F2N5O2/c24-16-4-5-17(19(25)14-16)22(31)30-9-6-20-18(15-30)21(28-7-2-1-3-8-28)27-23(26-20)29-10-12-32-13-11-29/h4-5,14H,1-3,6-13,15H2. The average molecular weight is 443 g/mol. The number of ether oxygens (including phenoxy) is 1. The Bertz CT molecular complexity index is 1010. The van der Waals surface area contributed by atoms with Crippen LogP contribution >= 0.6 is 0 Å². The molecular formula is C23H27F2N5O2. The van der Waals surface area contributed by atoms with Gasteiger partial charge in [0, 0.05) is 50.8 Å². The molecule has 0 atom stereocenters. The lowest BCUT2D eigenvalue weighted by atomic mass is 10.0. The van der Waals surface area contributed by atoms with Gasteiger partial charge in [-0.05, 0) is 31.4 Å². The molecule has 2 aromatic rings. The first kappa shape index (κ1) is 21.1. The minimum atomic E-state index is -0.837. The largest absolute Gasteiger partial charge is 0.378 e. The second kappa shape index (κ2) is 8.97. The van der Waals surface area contributed by atoms with Crippen LogP contribution < -0.4 is 9.80 Å². The molecule has 9 heteroatoms. The van der Waals surface area contributed by atoms with E-state index in [0.29, 0.717) is 32.7 Å². The summed E-state index contributed by atoms with van der Waals surface area (Å²) in [5.41, 5.74) is 1.77. The van der Waals surface area contributed by atoms with Gasteiger partial charge >= 0.3 is 0 Å². The van der Waals surface area contributed by atoms with Crippen molar-refractivity contribution in [2.75, 3.05) is 55.7 Å². The van der Waals surface area contributed by atoms with Gasteiger partial charge in [0.1, 0.15) is 17.5 Å². The summed E-state index contributed by atoms with van der Waals surface area (Å²) < 4.78 is 33.0. The fourth-order valence-electron chi connectivity index (χ4n) is 4.66. The van der Waals surface area contributed by atoms with Crippen LogP contribution in [0.15, 0.2) is 18.2 Å². The SMILES string of the molecule is O=C(c1ccc(F)cc1F)N1CCc2nc(N3CCOCC3)nc(N3CCCCC3)c2C1. The van der Waals surface area contributed by atoms with Gasteiger partial charge in [0.2, 0.25) is 5.95 Å². The zero-order valence-electron chi connectivity index (χ0n) is 18.0. The van der Waals surface area contributed by atoms with Crippen molar-refractivity contribution in [1.82, 2.24) is 14.9 Å². The molecule has 5 rings (SSSR count). The third kappa shape index (κ3) is 4.13. The van der Waals surface area contributed by atoms with Crippen LogP contribution in [0.3, 0.4) is 0 Å². The number of nitrogens with zero attached hydrogens (tertiary/aromatic N) is 5. The molecule has 0 radical (unpaired) electrons. The second-order valence-electron chi connectivity index (χ2n) is 8.52. The smallest absolute Gasteiger partial charge is 0.257 e. The highest BCUT2D eigenvalue weighted by Gasteiger charge is 2.30. The zero-order valence-corrected chi connectivity index (χ0v) is 18.0. The van der Waals surface area contributed by atoms with Crippen molar-refractivity contribution < 1.29 is 18.3 Å². The van der Waals surface area contributed by atoms with E-state index >= 15 is 0 Å². The quantitative estimate of drug-likeness (QED) is 0.727. The first-order valence-electron chi connectivity index (χ1n) is 11.3. The van der Waals surface area contributed by atoms with Gasteiger partial charge in [0.25, 0.3) is 5.91 Å². The van der Waals surface area contributed by atoms with Gasteiger partial charge in [0.05, 0.1) is 31.0 Å². The first-order valence-corrected chi connectivity index (χ1v) is 11.3. The van der Waals surface area contributed by atoms with E-state index in [1.807, 2.05) is 0 Å². The van der Waals surface area contributed by atoms with Crippen molar-refractivity contribution >= 4 is 17.7 Å². The van der Waals surface area contributed by atoms with Crippen LogP contribution in [0.2, 0.25) is 0 Å².